The van der Waals surface area contributed by atoms with E-state index in [1.54, 1.807) is 6.07 Å². The Hall–Kier alpha value is -5.81. The summed E-state index contributed by atoms with van der Waals surface area (Å²) in [4.78, 5) is 70.6. The molecule has 22 heteroatoms. The van der Waals surface area contributed by atoms with Crippen molar-refractivity contribution in [3.8, 4) is 11.5 Å². The second-order valence-corrected chi connectivity index (χ2v) is 28.4. The topological polar surface area (TPSA) is 251 Å². The molecular weight excluding hydrogens is 1140 g/mol. The highest BCUT2D eigenvalue weighted by Gasteiger charge is 2.70. The molecular formula is C67H98F2N10O10. The van der Waals surface area contributed by atoms with Crippen LogP contribution >= 0.6 is 0 Å². The van der Waals surface area contributed by atoms with E-state index in [2.05, 4.69) is 71.9 Å². The highest BCUT2D eigenvalue weighted by atomic mass is 19.3. The van der Waals surface area contributed by atoms with Crippen molar-refractivity contribution in [3.05, 3.63) is 70.8 Å². The van der Waals surface area contributed by atoms with Crippen LogP contribution in [0.5, 0.6) is 11.5 Å². The second kappa shape index (κ2) is 28.0. The second-order valence-electron chi connectivity index (χ2n) is 28.4. The maximum atomic E-state index is 13.9. The van der Waals surface area contributed by atoms with Gasteiger partial charge in [0, 0.05) is 93.6 Å². The SMILES string of the molecule is Cc1ccc(O)c2c1[C@]13CCN(CC4CC4)[C@H](C)[C@]1(O)CCC(NC(=O)COCC(=O)NCC(C)CC(C)(C)CNC(=O)COCC(=O)NCCc1nnc(C(C)C)n1C1CC4CCC(C1)N4CC[C@H](NC(=O)C1CCC(F)(F)CC1)c1ccccc1)[C@@H]3O2. The van der Waals surface area contributed by atoms with Crippen LogP contribution in [0.25, 0.3) is 0 Å². The minimum absolute atomic E-state index is 0.0196. The number of aliphatic hydroxyl groups is 1. The zero-order valence-corrected chi connectivity index (χ0v) is 53.4. The Labute approximate surface area is 523 Å². The average molecular weight is 1240 g/mol. The predicted octanol–water partition coefficient (Wildman–Crippen LogP) is 6.85. The van der Waals surface area contributed by atoms with Gasteiger partial charge in [0.05, 0.1) is 23.1 Å². The number of halogens is 2. The molecule has 0 radical (unpaired) electrons. The molecule has 9 atom stereocenters. The molecule has 6 fully saturated rings. The van der Waals surface area contributed by atoms with Gasteiger partial charge in [0.25, 0.3) is 0 Å². The summed E-state index contributed by atoms with van der Waals surface area (Å²) in [6.45, 7) is 16.7. The molecule has 1 aromatic heterocycles. The Bertz CT molecular complexity index is 2960. The molecule has 1 spiro atoms. The minimum Gasteiger partial charge on any atom is -0.504 e. The molecule has 20 nitrogen and oxygen atoms in total. The van der Waals surface area contributed by atoms with E-state index < -0.39 is 40.9 Å². The van der Waals surface area contributed by atoms with Crippen molar-refractivity contribution in [2.75, 3.05) is 65.7 Å². The van der Waals surface area contributed by atoms with E-state index >= 15 is 0 Å². The average Bonchev–Trinajstić information content (AvgIpc) is 1.59. The van der Waals surface area contributed by atoms with Crippen LogP contribution in [0.1, 0.15) is 184 Å². The third-order valence-corrected chi connectivity index (χ3v) is 20.8. The highest BCUT2D eigenvalue weighted by Crippen LogP contribution is 2.63. The standard InChI is InChI=1S/C67H98F2N10O10/c1-41(2)62-76-75-54(79(62)50-31-48-16-17-49(32-50)78(48)29-23-51(46-11-9-8-10-12-46)74-63(85)47-19-24-65(68,69)25-20-47)22-28-70-55(81)36-87-38-57(83)72-40-64(6,7)33-42(3)34-71-56(82)37-88-39-58(84)73-52-21-26-67(86)44(5)77(35-45-14-15-45)30-27-66(67)59-43(4)13-18-53(80)60(59)89-61(52)66/h8-13,18,41-42,44-45,47-52,61,80,86H,14-17,19-40H2,1-7H3,(H,70,81)(H,71,82)(H,72,83)(H,73,84)(H,74,85)/t42?,44-,48?,49?,50?,51+,52?,61+,66+,67-/m1/s1. The zero-order chi connectivity index (χ0) is 63.4. The van der Waals surface area contributed by atoms with Crippen molar-refractivity contribution >= 4 is 29.5 Å². The number of amides is 5. The molecule has 89 heavy (non-hydrogen) atoms. The van der Waals surface area contributed by atoms with Gasteiger partial charge in [0.15, 0.2) is 11.5 Å². The van der Waals surface area contributed by atoms with Gasteiger partial charge in [-0.25, -0.2) is 8.78 Å². The van der Waals surface area contributed by atoms with Crippen molar-refractivity contribution in [1.29, 1.82) is 0 Å². The third-order valence-electron chi connectivity index (χ3n) is 20.8. The number of likely N-dealkylation sites (tertiary alicyclic amines) is 1. The highest BCUT2D eigenvalue weighted by molar-refractivity contribution is 5.81. The molecule has 3 aromatic rings. The van der Waals surface area contributed by atoms with Gasteiger partial charge >= 0.3 is 0 Å². The van der Waals surface area contributed by atoms with E-state index in [9.17, 15) is 43.0 Å². The molecule has 3 saturated carbocycles. The molecule has 2 aromatic carbocycles. The number of hydrogen-bond donors (Lipinski definition) is 7. The number of aryl methyl sites for hydroxylation is 1. The van der Waals surface area contributed by atoms with Crippen LogP contribution in [0.3, 0.4) is 0 Å². The number of nitrogens with one attached hydrogen (secondary N) is 5. The summed E-state index contributed by atoms with van der Waals surface area (Å²) in [5.74, 6) is -1.72. The monoisotopic (exact) mass is 1240 g/mol. The summed E-state index contributed by atoms with van der Waals surface area (Å²) in [6.07, 6.45) is 9.11. The number of hydrogen-bond acceptors (Lipinski definition) is 14. The molecule has 3 saturated heterocycles. The van der Waals surface area contributed by atoms with Crippen LogP contribution in [-0.2, 0) is 45.3 Å². The molecule has 5 amide bonds. The van der Waals surface area contributed by atoms with Gasteiger partial charge in [0.2, 0.25) is 35.5 Å². The number of phenolic OH excluding ortho intramolecular Hbond substituents is 1. The van der Waals surface area contributed by atoms with Crippen molar-refractivity contribution in [3.63, 3.8) is 0 Å². The Balaban J connectivity index is 0.603. The van der Waals surface area contributed by atoms with E-state index in [1.807, 2.05) is 64.1 Å². The zero-order valence-electron chi connectivity index (χ0n) is 53.4. The van der Waals surface area contributed by atoms with Crippen LogP contribution < -0.4 is 31.3 Å². The smallest absolute Gasteiger partial charge is 0.248 e. The number of benzene rings is 2. The first-order chi connectivity index (χ1) is 42.4. The lowest BCUT2D eigenvalue weighted by Crippen LogP contribution is -2.76. The summed E-state index contributed by atoms with van der Waals surface area (Å²) >= 11 is 0. The first kappa shape index (κ1) is 66.1. The Morgan fingerprint density at radius 1 is 0.809 bits per heavy atom. The number of phenols is 1. The van der Waals surface area contributed by atoms with Gasteiger partial charge in [-0.2, -0.15) is 0 Å². The number of aromatic hydroxyl groups is 1. The predicted molar refractivity (Wildman–Crippen MR) is 330 cm³/mol. The minimum atomic E-state index is -2.69. The number of piperidine rings is 2. The number of aromatic nitrogens is 3. The summed E-state index contributed by atoms with van der Waals surface area (Å²) < 4.78 is 47.9. The van der Waals surface area contributed by atoms with Gasteiger partial charge in [-0.1, -0.05) is 71.0 Å². The van der Waals surface area contributed by atoms with E-state index in [0.717, 1.165) is 73.7 Å². The number of nitrogens with zero attached hydrogens (tertiary/aromatic N) is 5. The van der Waals surface area contributed by atoms with Gasteiger partial charge in [-0.05, 0) is 138 Å². The molecule has 4 aliphatic heterocycles. The summed E-state index contributed by atoms with van der Waals surface area (Å²) in [5.41, 5.74) is 0.462. The number of fused-ring (bicyclic) bond motifs is 3. The summed E-state index contributed by atoms with van der Waals surface area (Å²) in [5, 5.41) is 48.2. The first-order valence-electron chi connectivity index (χ1n) is 33.1. The molecule has 490 valence electrons. The van der Waals surface area contributed by atoms with Crippen molar-refractivity contribution in [2.24, 2.45) is 23.2 Å². The number of ether oxygens (including phenoxy) is 3. The molecule has 4 unspecified atom stereocenters. The Morgan fingerprint density at radius 3 is 2.15 bits per heavy atom. The molecule has 3 aliphatic carbocycles. The maximum Gasteiger partial charge on any atom is 0.248 e. The van der Waals surface area contributed by atoms with Crippen LogP contribution in [0.4, 0.5) is 8.78 Å². The Morgan fingerprint density at radius 2 is 1.47 bits per heavy atom. The maximum absolute atomic E-state index is 13.9. The lowest BCUT2D eigenvalue weighted by Gasteiger charge is -2.61. The lowest BCUT2D eigenvalue weighted by molar-refractivity contribution is -0.183. The van der Waals surface area contributed by atoms with Crippen molar-refractivity contribution in [2.45, 2.75) is 216 Å². The number of alkyl halides is 2. The van der Waals surface area contributed by atoms with Gasteiger partial charge in [0.1, 0.15) is 44.2 Å². The normalized spacial score (nSPS) is 27.4. The van der Waals surface area contributed by atoms with Crippen LogP contribution in [-0.4, -0.2) is 172 Å². The van der Waals surface area contributed by atoms with Crippen LogP contribution in [0, 0.1) is 30.1 Å². The number of carbonyl (C=O) groups excluding carboxylic acids is 5. The fourth-order valence-corrected chi connectivity index (χ4v) is 16.2. The van der Waals surface area contributed by atoms with E-state index in [-0.39, 0.29) is 117 Å². The molecule has 2 bridgehead atoms. The largest absolute Gasteiger partial charge is 0.504 e. The third kappa shape index (κ3) is 15.2. The molecule has 5 heterocycles. The molecule has 7 aliphatic rings. The quantitative estimate of drug-likeness (QED) is 0.0393. The summed E-state index contributed by atoms with van der Waals surface area (Å²) in [6, 6.07) is 13.5. The van der Waals surface area contributed by atoms with Crippen LogP contribution in [0.2, 0.25) is 0 Å². The number of carbonyl (C=O) groups is 5. The fraction of sp³-hybridized carbons (Fsp3) is 0.716. The lowest BCUT2D eigenvalue weighted by atomic mass is 9.51. The first-order valence-corrected chi connectivity index (χ1v) is 33.1. The van der Waals surface area contributed by atoms with Gasteiger partial charge in [-0.3, -0.25) is 33.8 Å². The van der Waals surface area contributed by atoms with E-state index in [1.165, 1.54) is 12.8 Å². The van der Waals surface area contributed by atoms with Gasteiger partial charge < -0.3 is 55.6 Å². The van der Waals surface area contributed by atoms with E-state index in [0.29, 0.717) is 81.9 Å². The molecule has 7 N–H and O–H groups in total. The van der Waals surface area contributed by atoms with E-state index in [4.69, 9.17) is 14.2 Å². The number of rotatable bonds is 28. The van der Waals surface area contributed by atoms with Crippen LogP contribution in [0.15, 0.2) is 42.5 Å². The van der Waals surface area contributed by atoms with Gasteiger partial charge in [-0.15, -0.1) is 10.2 Å². The van der Waals surface area contributed by atoms with Crippen molar-refractivity contribution in [1.82, 2.24) is 51.1 Å². The van der Waals surface area contributed by atoms with Crippen molar-refractivity contribution < 1.29 is 57.2 Å². The fourth-order valence-electron chi connectivity index (χ4n) is 16.2. The molecule has 10 rings (SSSR count). The Kier molecular flexibility index (Phi) is 20.8. The summed E-state index contributed by atoms with van der Waals surface area (Å²) in [7, 11) is 0.